The fourth-order valence-electron chi connectivity index (χ4n) is 2.16. The number of aromatic nitrogens is 1. The Bertz CT molecular complexity index is 718. The highest BCUT2D eigenvalue weighted by Gasteiger charge is 2.05. The normalized spacial score (nSPS) is 10.8. The zero-order chi connectivity index (χ0) is 13.2. The Balaban J connectivity index is 1.83. The van der Waals surface area contributed by atoms with Gasteiger partial charge in [-0.15, -0.1) is 0 Å². The summed E-state index contributed by atoms with van der Waals surface area (Å²) in [5, 5.41) is 1.18. The van der Waals surface area contributed by atoms with Gasteiger partial charge in [-0.25, -0.2) is 4.39 Å². The quantitative estimate of drug-likeness (QED) is 0.745. The van der Waals surface area contributed by atoms with E-state index >= 15 is 0 Å². The second-order valence-corrected chi connectivity index (χ2v) is 4.55. The predicted molar refractivity (Wildman–Crippen MR) is 73.8 cm³/mol. The second-order valence-electron chi connectivity index (χ2n) is 4.55. The van der Waals surface area contributed by atoms with Crippen molar-refractivity contribution in [1.29, 1.82) is 0 Å². The standard InChI is InChI=1S/C16H14FNO/c1-11-5-4-7-15-13(11)9-12(18-15)10-19-16-8-3-2-6-14(16)17/h2-9,18H,10H2,1H3. The first-order valence-corrected chi connectivity index (χ1v) is 6.18. The van der Waals surface area contributed by atoms with Gasteiger partial charge in [0, 0.05) is 10.9 Å². The van der Waals surface area contributed by atoms with Crippen LogP contribution in [0.5, 0.6) is 5.75 Å². The van der Waals surface area contributed by atoms with Gasteiger partial charge in [0.2, 0.25) is 0 Å². The van der Waals surface area contributed by atoms with Crippen molar-refractivity contribution in [1.82, 2.24) is 4.98 Å². The molecule has 0 aliphatic heterocycles. The highest BCUT2D eigenvalue weighted by Crippen LogP contribution is 2.21. The van der Waals surface area contributed by atoms with Crippen LogP contribution in [0.25, 0.3) is 10.9 Å². The topological polar surface area (TPSA) is 25.0 Å². The van der Waals surface area contributed by atoms with E-state index in [2.05, 4.69) is 18.0 Å². The van der Waals surface area contributed by atoms with Crippen LogP contribution in [0.4, 0.5) is 4.39 Å². The van der Waals surface area contributed by atoms with Gasteiger partial charge in [0.15, 0.2) is 11.6 Å². The van der Waals surface area contributed by atoms with Gasteiger partial charge in [-0.1, -0.05) is 24.3 Å². The van der Waals surface area contributed by atoms with E-state index in [9.17, 15) is 4.39 Å². The van der Waals surface area contributed by atoms with E-state index in [0.717, 1.165) is 11.2 Å². The van der Waals surface area contributed by atoms with Crippen molar-refractivity contribution in [3.63, 3.8) is 0 Å². The minimum atomic E-state index is -0.338. The molecule has 2 nitrogen and oxygen atoms in total. The van der Waals surface area contributed by atoms with Gasteiger partial charge < -0.3 is 9.72 Å². The average Bonchev–Trinajstić information content (AvgIpc) is 2.82. The SMILES string of the molecule is Cc1cccc2[nH]c(COc3ccccc3F)cc12. The lowest BCUT2D eigenvalue weighted by molar-refractivity contribution is 0.287. The number of nitrogens with one attached hydrogen (secondary N) is 1. The minimum Gasteiger partial charge on any atom is -0.484 e. The van der Waals surface area contributed by atoms with Gasteiger partial charge in [0.25, 0.3) is 0 Å². The number of ether oxygens (including phenoxy) is 1. The van der Waals surface area contributed by atoms with E-state index in [0.29, 0.717) is 6.61 Å². The molecular formula is C16H14FNO. The summed E-state index contributed by atoms with van der Waals surface area (Å²) in [6, 6.07) is 14.6. The molecule has 3 aromatic rings. The summed E-state index contributed by atoms with van der Waals surface area (Å²) in [4.78, 5) is 3.28. The number of fused-ring (bicyclic) bond motifs is 1. The third-order valence-corrected chi connectivity index (χ3v) is 3.16. The van der Waals surface area contributed by atoms with Crippen molar-refractivity contribution >= 4 is 10.9 Å². The van der Waals surface area contributed by atoms with Crippen LogP contribution >= 0.6 is 0 Å². The Kier molecular flexibility index (Phi) is 2.95. The van der Waals surface area contributed by atoms with Crippen LogP contribution in [0.1, 0.15) is 11.3 Å². The van der Waals surface area contributed by atoms with E-state index in [1.165, 1.54) is 17.0 Å². The molecule has 2 aromatic carbocycles. The maximum Gasteiger partial charge on any atom is 0.165 e. The van der Waals surface area contributed by atoms with Gasteiger partial charge in [-0.2, -0.15) is 0 Å². The Morgan fingerprint density at radius 3 is 2.74 bits per heavy atom. The lowest BCUT2D eigenvalue weighted by atomic mass is 10.1. The van der Waals surface area contributed by atoms with Crippen molar-refractivity contribution in [2.24, 2.45) is 0 Å². The molecule has 0 saturated heterocycles. The summed E-state index contributed by atoms with van der Waals surface area (Å²) in [5.41, 5.74) is 3.23. The first-order valence-electron chi connectivity index (χ1n) is 6.18. The molecule has 0 spiro atoms. The highest BCUT2D eigenvalue weighted by atomic mass is 19.1. The van der Waals surface area contributed by atoms with Crippen molar-refractivity contribution in [2.75, 3.05) is 0 Å². The van der Waals surface area contributed by atoms with E-state index in [1.54, 1.807) is 18.2 Å². The van der Waals surface area contributed by atoms with Crippen LogP contribution in [0.2, 0.25) is 0 Å². The van der Waals surface area contributed by atoms with Crippen molar-refractivity contribution in [3.05, 3.63) is 65.6 Å². The molecule has 0 fully saturated rings. The van der Waals surface area contributed by atoms with Crippen LogP contribution in [-0.2, 0) is 6.61 Å². The van der Waals surface area contributed by atoms with Gasteiger partial charge in [-0.3, -0.25) is 0 Å². The number of H-pyrrole nitrogens is 1. The van der Waals surface area contributed by atoms with Crippen LogP contribution in [-0.4, -0.2) is 4.98 Å². The monoisotopic (exact) mass is 255 g/mol. The number of aryl methyl sites for hydroxylation is 1. The molecule has 1 heterocycles. The summed E-state index contributed by atoms with van der Waals surface area (Å²) >= 11 is 0. The number of aromatic amines is 1. The molecule has 0 aliphatic rings. The maximum absolute atomic E-state index is 13.4. The molecule has 3 rings (SSSR count). The lowest BCUT2D eigenvalue weighted by Crippen LogP contribution is -1.97. The van der Waals surface area contributed by atoms with Crippen molar-refractivity contribution in [3.8, 4) is 5.75 Å². The molecule has 0 aliphatic carbocycles. The predicted octanol–water partition coefficient (Wildman–Crippen LogP) is 4.19. The number of halogens is 1. The minimum absolute atomic E-state index is 0.276. The zero-order valence-electron chi connectivity index (χ0n) is 10.6. The van der Waals surface area contributed by atoms with Crippen molar-refractivity contribution < 1.29 is 9.13 Å². The summed E-state index contributed by atoms with van der Waals surface area (Å²) < 4.78 is 18.9. The molecular weight excluding hydrogens is 241 g/mol. The smallest absolute Gasteiger partial charge is 0.165 e. The van der Waals surface area contributed by atoms with E-state index < -0.39 is 0 Å². The Hall–Kier alpha value is -2.29. The number of hydrogen-bond acceptors (Lipinski definition) is 1. The van der Waals surface area contributed by atoms with Gasteiger partial charge in [0.1, 0.15) is 6.61 Å². The third kappa shape index (κ3) is 2.32. The van der Waals surface area contributed by atoms with Crippen LogP contribution in [0.3, 0.4) is 0 Å². The van der Waals surface area contributed by atoms with Crippen LogP contribution in [0, 0.1) is 12.7 Å². The molecule has 0 atom stereocenters. The first kappa shape index (κ1) is 11.8. The summed E-state index contributed by atoms with van der Waals surface area (Å²) in [6.07, 6.45) is 0. The molecule has 1 N–H and O–H groups in total. The summed E-state index contributed by atoms with van der Waals surface area (Å²) in [7, 11) is 0. The van der Waals surface area contributed by atoms with E-state index in [4.69, 9.17) is 4.74 Å². The molecule has 3 heteroatoms. The zero-order valence-corrected chi connectivity index (χ0v) is 10.6. The molecule has 0 radical (unpaired) electrons. The van der Waals surface area contributed by atoms with Gasteiger partial charge in [0.05, 0.1) is 5.69 Å². The number of benzene rings is 2. The molecule has 19 heavy (non-hydrogen) atoms. The summed E-state index contributed by atoms with van der Waals surface area (Å²) in [5.74, 6) is -0.0623. The molecule has 1 aromatic heterocycles. The largest absolute Gasteiger partial charge is 0.484 e. The molecule has 96 valence electrons. The van der Waals surface area contributed by atoms with E-state index in [-0.39, 0.29) is 11.6 Å². The number of para-hydroxylation sites is 1. The van der Waals surface area contributed by atoms with E-state index in [1.807, 2.05) is 18.2 Å². The second kappa shape index (κ2) is 4.76. The summed E-state index contributed by atoms with van der Waals surface area (Å²) in [6.45, 7) is 2.40. The Morgan fingerprint density at radius 2 is 1.95 bits per heavy atom. The Morgan fingerprint density at radius 1 is 1.11 bits per heavy atom. The first-order chi connectivity index (χ1) is 9.24. The molecule has 0 bridgehead atoms. The highest BCUT2D eigenvalue weighted by molar-refractivity contribution is 5.83. The fraction of sp³-hybridized carbons (Fsp3) is 0.125. The lowest BCUT2D eigenvalue weighted by Gasteiger charge is -2.05. The van der Waals surface area contributed by atoms with Crippen LogP contribution < -0.4 is 4.74 Å². The Labute approximate surface area is 110 Å². The molecule has 0 amide bonds. The van der Waals surface area contributed by atoms with Gasteiger partial charge in [-0.05, 0) is 36.8 Å². The van der Waals surface area contributed by atoms with Gasteiger partial charge >= 0.3 is 0 Å². The van der Waals surface area contributed by atoms with Crippen molar-refractivity contribution in [2.45, 2.75) is 13.5 Å². The fourth-order valence-corrected chi connectivity index (χ4v) is 2.16. The number of rotatable bonds is 3. The maximum atomic E-state index is 13.4. The average molecular weight is 255 g/mol. The molecule has 0 unspecified atom stereocenters. The third-order valence-electron chi connectivity index (χ3n) is 3.16. The van der Waals surface area contributed by atoms with Crippen LogP contribution in [0.15, 0.2) is 48.5 Å². The number of hydrogen-bond donors (Lipinski definition) is 1. The molecule has 0 saturated carbocycles.